The predicted molar refractivity (Wildman–Crippen MR) is 119 cm³/mol. The average molecular weight is 419 g/mol. The number of hydrogen-bond acceptors (Lipinski definition) is 4. The molecule has 150 valence electrons. The highest BCUT2D eigenvalue weighted by Gasteiger charge is 2.40. The Labute approximate surface area is 179 Å². The maximum Gasteiger partial charge on any atom is 0.282 e. The van der Waals surface area contributed by atoms with Gasteiger partial charge < -0.3 is 10.1 Å². The van der Waals surface area contributed by atoms with E-state index in [-0.39, 0.29) is 11.6 Å². The van der Waals surface area contributed by atoms with Crippen molar-refractivity contribution in [1.29, 1.82) is 0 Å². The molecule has 6 heteroatoms. The van der Waals surface area contributed by atoms with Gasteiger partial charge in [-0.3, -0.25) is 9.59 Å². The van der Waals surface area contributed by atoms with Gasteiger partial charge in [-0.05, 0) is 66.6 Å². The van der Waals surface area contributed by atoms with Crippen LogP contribution in [0.15, 0.2) is 78.5 Å². The number of aryl methyl sites for hydroxylation is 1. The van der Waals surface area contributed by atoms with Crippen LogP contribution in [0.1, 0.15) is 11.1 Å². The molecule has 0 fully saturated rings. The second-order valence-corrected chi connectivity index (χ2v) is 7.33. The van der Waals surface area contributed by atoms with Crippen molar-refractivity contribution in [2.75, 3.05) is 17.3 Å². The molecule has 0 saturated carbocycles. The number of imide groups is 1. The Balaban J connectivity index is 1.80. The number of rotatable bonds is 5. The molecular formula is C24H19ClN2O3. The lowest BCUT2D eigenvalue weighted by Gasteiger charge is -2.16. The standard InChI is InChI=1S/C24H19ClN2O3/c1-15-4-3-5-19(14-15)27-23(28)21(16-6-8-17(25)9-7-16)22(24(27)29)26-18-10-12-20(30-2)13-11-18/h3-14,26H,1-2H3. The molecule has 0 aromatic heterocycles. The number of ether oxygens (including phenoxy) is 1. The summed E-state index contributed by atoms with van der Waals surface area (Å²) in [6.07, 6.45) is 0. The molecule has 0 bridgehead atoms. The zero-order valence-corrected chi connectivity index (χ0v) is 17.2. The Morgan fingerprint density at radius 1 is 0.900 bits per heavy atom. The highest BCUT2D eigenvalue weighted by atomic mass is 35.5. The first-order chi connectivity index (χ1) is 14.5. The van der Waals surface area contributed by atoms with Gasteiger partial charge >= 0.3 is 0 Å². The van der Waals surface area contributed by atoms with Crippen LogP contribution in [0.3, 0.4) is 0 Å². The number of hydrogen-bond donors (Lipinski definition) is 1. The van der Waals surface area contributed by atoms with Gasteiger partial charge in [-0.2, -0.15) is 0 Å². The minimum Gasteiger partial charge on any atom is -0.497 e. The van der Waals surface area contributed by atoms with Crippen LogP contribution >= 0.6 is 11.6 Å². The second kappa shape index (κ2) is 8.05. The van der Waals surface area contributed by atoms with Gasteiger partial charge in [0.2, 0.25) is 0 Å². The van der Waals surface area contributed by atoms with Crippen molar-refractivity contribution in [3.63, 3.8) is 0 Å². The SMILES string of the molecule is COc1ccc(NC2=C(c3ccc(Cl)cc3)C(=O)N(c3cccc(C)c3)C2=O)cc1. The first-order valence-electron chi connectivity index (χ1n) is 9.34. The number of halogens is 1. The van der Waals surface area contributed by atoms with Gasteiger partial charge in [-0.15, -0.1) is 0 Å². The number of anilines is 2. The van der Waals surface area contributed by atoms with E-state index in [1.165, 1.54) is 4.90 Å². The number of carbonyl (C=O) groups is 2. The molecule has 0 unspecified atom stereocenters. The summed E-state index contributed by atoms with van der Waals surface area (Å²) in [5, 5.41) is 3.68. The quantitative estimate of drug-likeness (QED) is 0.589. The fourth-order valence-corrected chi connectivity index (χ4v) is 3.48. The molecule has 30 heavy (non-hydrogen) atoms. The van der Waals surface area contributed by atoms with Crippen LogP contribution < -0.4 is 15.0 Å². The largest absolute Gasteiger partial charge is 0.497 e. The van der Waals surface area contributed by atoms with Crippen LogP contribution in [0.2, 0.25) is 5.02 Å². The highest BCUT2D eigenvalue weighted by Crippen LogP contribution is 2.34. The Kier molecular flexibility index (Phi) is 5.29. The Morgan fingerprint density at radius 3 is 2.23 bits per heavy atom. The summed E-state index contributed by atoms with van der Waals surface area (Å²) in [4.78, 5) is 27.9. The first-order valence-corrected chi connectivity index (χ1v) is 9.72. The van der Waals surface area contributed by atoms with Crippen LogP contribution in [0.25, 0.3) is 5.57 Å². The molecule has 1 aliphatic rings. The maximum absolute atomic E-state index is 13.4. The van der Waals surface area contributed by atoms with E-state index in [2.05, 4.69) is 5.32 Å². The molecule has 0 radical (unpaired) electrons. The molecular weight excluding hydrogens is 400 g/mol. The number of amides is 2. The van der Waals surface area contributed by atoms with Gasteiger partial charge in [0.1, 0.15) is 11.4 Å². The molecule has 0 spiro atoms. The summed E-state index contributed by atoms with van der Waals surface area (Å²) in [5.41, 5.74) is 3.29. The van der Waals surface area contributed by atoms with Crippen LogP contribution in [-0.2, 0) is 9.59 Å². The summed E-state index contributed by atoms with van der Waals surface area (Å²) in [7, 11) is 1.59. The Morgan fingerprint density at radius 2 is 1.60 bits per heavy atom. The maximum atomic E-state index is 13.4. The van der Waals surface area contributed by atoms with E-state index in [4.69, 9.17) is 16.3 Å². The van der Waals surface area contributed by atoms with Gasteiger partial charge in [-0.1, -0.05) is 35.9 Å². The normalized spacial score (nSPS) is 13.8. The lowest BCUT2D eigenvalue weighted by Crippen LogP contribution is -2.32. The first kappa shape index (κ1) is 19.7. The van der Waals surface area contributed by atoms with E-state index in [0.717, 1.165) is 5.56 Å². The molecule has 1 aliphatic heterocycles. The van der Waals surface area contributed by atoms with Gasteiger partial charge in [0.15, 0.2) is 0 Å². The number of carbonyl (C=O) groups excluding carboxylic acids is 2. The van der Waals surface area contributed by atoms with E-state index in [9.17, 15) is 9.59 Å². The summed E-state index contributed by atoms with van der Waals surface area (Å²) in [6.45, 7) is 1.92. The molecule has 2 amide bonds. The van der Waals surface area contributed by atoms with E-state index in [1.54, 1.807) is 61.7 Å². The third kappa shape index (κ3) is 3.67. The van der Waals surface area contributed by atoms with Gasteiger partial charge in [0.05, 0.1) is 18.4 Å². The minimum atomic E-state index is -0.411. The smallest absolute Gasteiger partial charge is 0.282 e. The monoisotopic (exact) mass is 418 g/mol. The second-order valence-electron chi connectivity index (χ2n) is 6.90. The van der Waals surface area contributed by atoms with Crippen LogP contribution in [0, 0.1) is 6.92 Å². The lowest BCUT2D eigenvalue weighted by molar-refractivity contribution is -0.120. The molecule has 1 heterocycles. The van der Waals surface area contributed by atoms with Crippen molar-refractivity contribution < 1.29 is 14.3 Å². The number of benzene rings is 3. The molecule has 5 nitrogen and oxygen atoms in total. The van der Waals surface area contributed by atoms with E-state index in [0.29, 0.717) is 33.3 Å². The molecule has 0 saturated heterocycles. The summed E-state index contributed by atoms with van der Waals surface area (Å²) >= 11 is 6.01. The van der Waals surface area contributed by atoms with Gasteiger partial charge in [0.25, 0.3) is 11.8 Å². The van der Waals surface area contributed by atoms with Crippen molar-refractivity contribution >= 4 is 40.4 Å². The fraction of sp³-hybridized carbons (Fsp3) is 0.0833. The molecule has 0 aliphatic carbocycles. The molecule has 1 N–H and O–H groups in total. The van der Waals surface area contributed by atoms with Crippen molar-refractivity contribution in [1.82, 2.24) is 0 Å². The van der Waals surface area contributed by atoms with Crippen LogP contribution in [-0.4, -0.2) is 18.9 Å². The van der Waals surface area contributed by atoms with Crippen molar-refractivity contribution in [3.8, 4) is 5.75 Å². The molecule has 3 aromatic carbocycles. The van der Waals surface area contributed by atoms with Crippen molar-refractivity contribution in [2.45, 2.75) is 6.92 Å². The summed E-state index contributed by atoms with van der Waals surface area (Å²) in [6, 6.07) is 21.3. The number of nitrogens with one attached hydrogen (secondary N) is 1. The third-order valence-corrected chi connectivity index (χ3v) is 5.09. The minimum absolute atomic E-state index is 0.217. The zero-order chi connectivity index (χ0) is 21.3. The summed E-state index contributed by atoms with van der Waals surface area (Å²) < 4.78 is 5.18. The number of methoxy groups -OCH3 is 1. The van der Waals surface area contributed by atoms with Crippen molar-refractivity contribution in [3.05, 3.63) is 94.6 Å². The fourth-order valence-electron chi connectivity index (χ4n) is 3.35. The van der Waals surface area contributed by atoms with Gasteiger partial charge in [0, 0.05) is 10.7 Å². The predicted octanol–water partition coefficient (Wildman–Crippen LogP) is 5.05. The molecule has 4 rings (SSSR count). The highest BCUT2D eigenvalue weighted by molar-refractivity contribution is 6.46. The zero-order valence-electron chi connectivity index (χ0n) is 16.5. The third-order valence-electron chi connectivity index (χ3n) is 4.84. The van der Waals surface area contributed by atoms with Crippen LogP contribution in [0.4, 0.5) is 11.4 Å². The summed E-state index contributed by atoms with van der Waals surface area (Å²) in [5.74, 6) is -0.0991. The Hall–Kier alpha value is -3.57. The van der Waals surface area contributed by atoms with E-state index in [1.807, 2.05) is 25.1 Å². The van der Waals surface area contributed by atoms with E-state index >= 15 is 0 Å². The Bertz CT molecular complexity index is 1150. The van der Waals surface area contributed by atoms with Crippen molar-refractivity contribution in [2.24, 2.45) is 0 Å². The van der Waals surface area contributed by atoms with E-state index < -0.39 is 5.91 Å². The van der Waals surface area contributed by atoms with Gasteiger partial charge in [-0.25, -0.2) is 4.90 Å². The molecule has 3 aromatic rings. The molecule has 0 atom stereocenters. The van der Waals surface area contributed by atoms with Crippen LogP contribution in [0.5, 0.6) is 5.75 Å². The lowest BCUT2D eigenvalue weighted by atomic mass is 10.0. The number of nitrogens with zero attached hydrogens (tertiary/aromatic N) is 1. The topological polar surface area (TPSA) is 58.6 Å². The average Bonchev–Trinajstić information content (AvgIpc) is 2.99.